The molecule has 4 atom stereocenters. The van der Waals surface area contributed by atoms with Crippen molar-refractivity contribution in [3.05, 3.63) is 29.6 Å². The first kappa shape index (κ1) is 16.3. The van der Waals surface area contributed by atoms with Crippen molar-refractivity contribution in [2.75, 3.05) is 0 Å². The molecule has 0 heterocycles. The second-order valence-corrected chi connectivity index (χ2v) is 6.68. The molecule has 1 aromatic rings. The Hall–Kier alpha value is -1.09. The Morgan fingerprint density at radius 2 is 2.00 bits per heavy atom. The first-order valence-corrected chi connectivity index (χ1v) is 8.19. The highest BCUT2D eigenvalue weighted by molar-refractivity contribution is 5.30. The van der Waals surface area contributed by atoms with E-state index in [1.807, 2.05) is 13.0 Å². The first-order valence-electron chi connectivity index (χ1n) is 8.19. The van der Waals surface area contributed by atoms with Crippen LogP contribution < -0.4 is 10.5 Å². The Morgan fingerprint density at radius 1 is 1.24 bits per heavy atom. The fourth-order valence-corrected chi connectivity index (χ4v) is 3.05. The topological polar surface area (TPSA) is 35.2 Å². The molecule has 2 rings (SSSR count). The van der Waals surface area contributed by atoms with Crippen molar-refractivity contribution < 1.29 is 9.13 Å². The molecule has 0 aromatic heterocycles. The summed E-state index contributed by atoms with van der Waals surface area (Å²) in [5.41, 5.74) is 6.89. The van der Waals surface area contributed by atoms with E-state index in [0.717, 1.165) is 30.7 Å². The fraction of sp³-hybridized carbons (Fsp3) is 0.667. The van der Waals surface area contributed by atoms with Gasteiger partial charge in [0.2, 0.25) is 0 Å². The summed E-state index contributed by atoms with van der Waals surface area (Å²) in [5, 5.41) is 0. The SMILES string of the molecule is CCC(N)Cc1cc(F)cc(OC2CCC(C)C(C)C2)c1. The molecule has 1 saturated carbocycles. The van der Waals surface area contributed by atoms with E-state index < -0.39 is 0 Å². The molecule has 118 valence electrons. The van der Waals surface area contributed by atoms with Crippen molar-refractivity contribution >= 4 is 0 Å². The molecular weight excluding hydrogens is 265 g/mol. The molecule has 21 heavy (non-hydrogen) atoms. The van der Waals surface area contributed by atoms with Crippen molar-refractivity contribution in [2.24, 2.45) is 17.6 Å². The van der Waals surface area contributed by atoms with E-state index in [4.69, 9.17) is 10.5 Å². The van der Waals surface area contributed by atoms with Crippen LogP contribution in [0.15, 0.2) is 18.2 Å². The molecule has 1 aromatic carbocycles. The fourth-order valence-electron chi connectivity index (χ4n) is 3.05. The number of hydrogen-bond donors (Lipinski definition) is 1. The predicted octanol–water partition coefficient (Wildman–Crippen LogP) is 4.31. The van der Waals surface area contributed by atoms with Gasteiger partial charge in [-0.05, 0) is 61.6 Å². The Morgan fingerprint density at radius 3 is 2.67 bits per heavy atom. The van der Waals surface area contributed by atoms with Gasteiger partial charge in [0.05, 0.1) is 6.10 Å². The molecule has 4 unspecified atom stereocenters. The minimum atomic E-state index is -0.233. The van der Waals surface area contributed by atoms with E-state index in [2.05, 4.69) is 13.8 Å². The number of benzene rings is 1. The monoisotopic (exact) mass is 293 g/mol. The maximum atomic E-state index is 13.8. The zero-order valence-corrected chi connectivity index (χ0v) is 13.4. The van der Waals surface area contributed by atoms with Gasteiger partial charge in [-0.2, -0.15) is 0 Å². The molecule has 3 heteroatoms. The molecule has 1 aliphatic rings. The van der Waals surface area contributed by atoms with E-state index in [1.165, 1.54) is 12.5 Å². The van der Waals surface area contributed by atoms with Crippen LogP contribution in [0.4, 0.5) is 4.39 Å². The average Bonchev–Trinajstić information content (AvgIpc) is 2.42. The molecule has 0 spiro atoms. The van der Waals surface area contributed by atoms with Crippen molar-refractivity contribution in [2.45, 2.75) is 65.0 Å². The third-order valence-corrected chi connectivity index (χ3v) is 4.81. The van der Waals surface area contributed by atoms with Gasteiger partial charge in [-0.15, -0.1) is 0 Å². The lowest BCUT2D eigenvalue weighted by molar-refractivity contribution is 0.100. The highest BCUT2D eigenvalue weighted by Gasteiger charge is 2.25. The van der Waals surface area contributed by atoms with Gasteiger partial charge >= 0.3 is 0 Å². The van der Waals surface area contributed by atoms with Crippen LogP contribution in [0.2, 0.25) is 0 Å². The molecule has 1 fully saturated rings. The highest BCUT2D eigenvalue weighted by Crippen LogP contribution is 2.32. The van der Waals surface area contributed by atoms with Crippen molar-refractivity contribution in [3.63, 3.8) is 0 Å². The van der Waals surface area contributed by atoms with E-state index in [9.17, 15) is 4.39 Å². The van der Waals surface area contributed by atoms with E-state index in [0.29, 0.717) is 18.1 Å². The summed E-state index contributed by atoms with van der Waals surface area (Å²) in [7, 11) is 0. The number of hydrogen-bond acceptors (Lipinski definition) is 2. The van der Waals surface area contributed by atoms with Crippen LogP contribution in [0.25, 0.3) is 0 Å². The highest BCUT2D eigenvalue weighted by atomic mass is 19.1. The smallest absolute Gasteiger partial charge is 0.127 e. The molecule has 0 aliphatic heterocycles. The lowest BCUT2D eigenvalue weighted by Gasteiger charge is -2.32. The quantitative estimate of drug-likeness (QED) is 0.878. The van der Waals surface area contributed by atoms with Crippen molar-refractivity contribution in [1.29, 1.82) is 0 Å². The molecule has 0 radical (unpaired) electrons. The minimum Gasteiger partial charge on any atom is -0.490 e. The lowest BCUT2D eigenvalue weighted by Crippen LogP contribution is -2.28. The summed E-state index contributed by atoms with van der Waals surface area (Å²) in [4.78, 5) is 0. The molecule has 2 N–H and O–H groups in total. The number of ether oxygens (including phenoxy) is 1. The summed E-state index contributed by atoms with van der Waals surface area (Å²) < 4.78 is 19.8. The van der Waals surface area contributed by atoms with Crippen molar-refractivity contribution in [3.8, 4) is 5.75 Å². The standard InChI is InChI=1S/C18H28FNO/c1-4-16(20)9-14-8-15(19)11-18(10-14)21-17-6-5-12(2)13(3)7-17/h8,10-13,16-17H,4-7,9,20H2,1-3H3. The number of nitrogens with two attached hydrogens (primary N) is 1. The summed E-state index contributed by atoms with van der Waals surface area (Å²) in [5.74, 6) is 1.85. The van der Waals surface area contributed by atoms with Gasteiger partial charge in [0.15, 0.2) is 0 Å². The van der Waals surface area contributed by atoms with Crippen LogP contribution in [0.5, 0.6) is 5.75 Å². The lowest BCUT2D eigenvalue weighted by atomic mass is 9.80. The van der Waals surface area contributed by atoms with Crippen LogP contribution >= 0.6 is 0 Å². The minimum absolute atomic E-state index is 0.0789. The first-order chi connectivity index (χ1) is 9.97. The van der Waals surface area contributed by atoms with Gasteiger partial charge in [-0.1, -0.05) is 20.8 Å². The van der Waals surface area contributed by atoms with Gasteiger partial charge in [0, 0.05) is 12.1 Å². The Balaban J connectivity index is 2.02. The van der Waals surface area contributed by atoms with Crippen LogP contribution in [0.3, 0.4) is 0 Å². The molecule has 2 nitrogen and oxygen atoms in total. The zero-order chi connectivity index (χ0) is 15.4. The normalized spacial score (nSPS) is 27.4. The van der Waals surface area contributed by atoms with Gasteiger partial charge in [-0.3, -0.25) is 0 Å². The Labute approximate surface area is 127 Å². The van der Waals surface area contributed by atoms with Crippen molar-refractivity contribution in [1.82, 2.24) is 0 Å². The third-order valence-electron chi connectivity index (χ3n) is 4.81. The summed E-state index contributed by atoms with van der Waals surface area (Å²) in [6.45, 7) is 6.62. The maximum Gasteiger partial charge on any atom is 0.127 e. The van der Waals surface area contributed by atoms with E-state index in [-0.39, 0.29) is 18.0 Å². The maximum absolute atomic E-state index is 13.8. The molecule has 0 bridgehead atoms. The zero-order valence-electron chi connectivity index (χ0n) is 13.4. The van der Waals surface area contributed by atoms with Crippen LogP contribution in [0.1, 0.15) is 52.0 Å². The summed E-state index contributed by atoms with van der Waals surface area (Å²) >= 11 is 0. The predicted molar refractivity (Wildman–Crippen MR) is 85.0 cm³/mol. The second kappa shape index (κ2) is 7.26. The van der Waals surface area contributed by atoms with Crippen LogP contribution in [-0.4, -0.2) is 12.1 Å². The van der Waals surface area contributed by atoms with Crippen LogP contribution in [0, 0.1) is 17.7 Å². The average molecular weight is 293 g/mol. The molecule has 0 saturated heterocycles. The number of rotatable bonds is 5. The molecule has 0 amide bonds. The Bertz CT molecular complexity index is 463. The molecule has 1 aliphatic carbocycles. The van der Waals surface area contributed by atoms with Crippen LogP contribution in [-0.2, 0) is 6.42 Å². The van der Waals surface area contributed by atoms with E-state index >= 15 is 0 Å². The van der Waals surface area contributed by atoms with Gasteiger partial charge < -0.3 is 10.5 Å². The van der Waals surface area contributed by atoms with Gasteiger partial charge in [0.25, 0.3) is 0 Å². The molecular formula is C18H28FNO. The summed E-state index contributed by atoms with van der Waals surface area (Å²) in [6.07, 6.45) is 5.11. The summed E-state index contributed by atoms with van der Waals surface area (Å²) in [6, 6.07) is 5.08. The van der Waals surface area contributed by atoms with Gasteiger partial charge in [-0.25, -0.2) is 4.39 Å². The number of halogens is 1. The Kier molecular flexibility index (Phi) is 5.63. The second-order valence-electron chi connectivity index (χ2n) is 6.68. The largest absolute Gasteiger partial charge is 0.490 e. The van der Waals surface area contributed by atoms with E-state index in [1.54, 1.807) is 6.07 Å². The van der Waals surface area contributed by atoms with Gasteiger partial charge in [0.1, 0.15) is 11.6 Å². The third kappa shape index (κ3) is 4.70.